The molecule has 2 unspecified atom stereocenters. The average Bonchev–Trinajstić information content (AvgIpc) is 3.09. The molecule has 20 heavy (non-hydrogen) atoms. The smallest absolute Gasteiger partial charge is 0.220 e. The lowest BCUT2D eigenvalue weighted by molar-refractivity contribution is -0.121. The summed E-state index contributed by atoms with van der Waals surface area (Å²) in [4.78, 5) is 14.5. The average molecular weight is 281 g/mol. The Labute approximate surface area is 123 Å². The fraction of sp³-hybridized carbons (Fsp3) is 0.938. The normalized spacial score (nSPS) is 25.2. The molecule has 1 amide bonds. The lowest BCUT2D eigenvalue weighted by atomic mass is 10.0. The Morgan fingerprint density at radius 3 is 2.70 bits per heavy atom. The zero-order valence-corrected chi connectivity index (χ0v) is 13.2. The summed E-state index contributed by atoms with van der Waals surface area (Å²) in [6, 6.07) is 0.509. The monoisotopic (exact) mass is 281 g/mol. The second-order valence-corrected chi connectivity index (χ2v) is 6.76. The topological polar surface area (TPSA) is 44.4 Å². The predicted molar refractivity (Wildman–Crippen MR) is 82.7 cm³/mol. The highest BCUT2D eigenvalue weighted by Crippen LogP contribution is 2.17. The molecule has 4 nitrogen and oxygen atoms in total. The molecule has 4 heteroatoms. The molecule has 2 aliphatic rings. The van der Waals surface area contributed by atoms with E-state index in [2.05, 4.69) is 29.4 Å². The highest BCUT2D eigenvalue weighted by molar-refractivity contribution is 5.75. The lowest BCUT2D eigenvalue weighted by Crippen LogP contribution is -2.45. The third kappa shape index (κ3) is 4.74. The van der Waals surface area contributed by atoms with E-state index in [0.717, 1.165) is 26.1 Å². The van der Waals surface area contributed by atoms with E-state index < -0.39 is 0 Å². The standard InChI is InChI=1S/C16H31N3O/c1-13(2)15(19-9-3-4-10-19)12-18-16(20)6-5-14-7-8-17-11-14/h13-15,17H,3-12H2,1-2H3,(H,18,20). The molecule has 2 fully saturated rings. The van der Waals surface area contributed by atoms with Gasteiger partial charge in [-0.05, 0) is 63.7 Å². The molecule has 2 heterocycles. The van der Waals surface area contributed by atoms with Crippen molar-refractivity contribution in [1.29, 1.82) is 0 Å². The first-order valence-corrected chi connectivity index (χ1v) is 8.38. The Balaban J connectivity index is 1.66. The van der Waals surface area contributed by atoms with E-state index in [1.54, 1.807) is 0 Å². The van der Waals surface area contributed by atoms with Crippen LogP contribution in [0.1, 0.15) is 46.0 Å². The van der Waals surface area contributed by atoms with Crippen LogP contribution >= 0.6 is 0 Å². The fourth-order valence-electron chi connectivity index (χ4n) is 3.46. The maximum atomic E-state index is 12.0. The van der Waals surface area contributed by atoms with Crippen molar-refractivity contribution in [2.75, 3.05) is 32.7 Å². The lowest BCUT2D eigenvalue weighted by Gasteiger charge is -2.31. The van der Waals surface area contributed by atoms with Crippen molar-refractivity contribution in [3.63, 3.8) is 0 Å². The predicted octanol–water partition coefficient (Wildman–Crippen LogP) is 1.61. The van der Waals surface area contributed by atoms with E-state index in [-0.39, 0.29) is 5.91 Å². The van der Waals surface area contributed by atoms with Crippen LogP contribution in [0.15, 0.2) is 0 Å². The van der Waals surface area contributed by atoms with E-state index in [1.807, 2.05) is 0 Å². The fourth-order valence-corrected chi connectivity index (χ4v) is 3.46. The van der Waals surface area contributed by atoms with Crippen LogP contribution in [-0.4, -0.2) is 49.6 Å². The number of hydrogen-bond acceptors (Lipinski definition) is 3. The first kappa shape index (κ1) is 15.8. The van der Waals surface area contributed by atoms with Crippen LogP contribution in [0.3, 0.4) is 0 Å². The molecular weight excluding hydrogens is 250 g/mol. The number of rotatable bonds is 7. The van der Waals surface area contributed by atoms with Crippen LogP contribution < -0.4 is 10.6 Å². The summed E-state index contributed by atoms with van der Waals surface area (Å²) in [7, 11) is 0. The molecule has 2 aliphatic heterocycles. The number of nitrogens with one attached hydrogen (secondary N) is 2. The Morgan fingerprint density at radius 2 is 2.10 bits per heavy atom. The van der Waals surface area contributed by atoms with Crippen molar-refractivity contribution in [3.8, 4) is 0 Å². The minimum Gasteiger partial charge on any atom is -0.355 e. The molecule has 2 atom stereocenters. The molecule has 0 saturated carbocycles. The van der Waals surface area contributed by atoms with Crippen LogP contribution in [0, 0.1) is 11.8 Å². The Hall–Kier alpha value is -0.610. The third-order valence-electron chi connectivity index (χ3n) is 4.83. The van der Waals surface area contributed by atoms with Crippen molar-refractivity contribution < 1.29 is 4.79 Å². The molecule has 2 saturated heterocycles. The number of carbonyl (C=O) groups excluding carboxylic acids is 1. The van der Waals surface area contributed by atoms with Crippen LogP contribution in [0.25, 0.3) is 0 Å². The number of hydrogen-bond donors (Lipinski definition) is 2. The van der Waals surface area contributed by atoms with Gasteiger partial charge in [-0.3, -0.25) is 9.69 Å². The van der Waals surface area contributed by atoms with Gasteiger partial charge in [0.05, 0.1) is 0 Å². The number of nitrogens with zero attached hydrogens (tertiary/aromatic N) is 1. The summed E-state index contributed by atoms with van der Waals surface area (Å²) in [6.07, 6.45) is 5.58. The van der Waals surface area contributed by atoms with Gasteiger partial charge in [0.25, 0.3) is 0 Å². The van der Waals surface area contributed by atoms with Crippen molar-refractivity contribution in [2.45, 2.75) is 52.0 Å². The Kier molecular flexibility index (Phi) is 6.30. The van der Waals surface area contributed by atoms with Gasteiger partial charge in [-0.2, -0.15) is 0 Å². The molecule has 2 N–H and O–H groups in total. The van der Waals surface area contributed by atoms with Gasteiger partial charge < -0.3 is 10.6 Å². The zero-order valence-electron chi connectivity index (χ0n) is 13.2. The van der Waals surface area contributed by atoms with E-state index in [4.69, 9.17) is 0 Å². The third-order valence-corrected chi connectivity index (χ3v) is 4.83. The molecule has 0 aromatic heterocycles. The van der Waals surface area contributed by atoms with Crippen LogP contribution in [0.5, 0.6) is 0 Å². The van der Waals surface area contributed by atoms with Crippen molar-refractivity contribution in [2.24, 2.45) is 11.8 Å². The van der Waals surface area contributed by atoms with Gasteiger partial charge in [-0.25, -0.2) is 0 Å². The molecular formula is C16H31N3O. The Morgan fingerprint density at radius 1 is 1.35 bits per heavy atom. The zero-order chi connectivity index (χ0) is 14.4. The second kappa shape index (κ2) is 7.99. The van der Waals surface area contributed by atoms with E-state index in [9.17, 15) is 4.79 Å². The quantitative estimate of drug-likeness (QED) is 0.745. The summed E-state index contributed by atoms with van der Waals surface area (Å²) in [5.41, 5.74) is 0. The second-order valence-electron chi connectivity index (χ2n) is 6.76. The minimum atomic E-state index is 0.238. The molecule has 0 aromatic carbocycles. The Bertz CT molecular complexity index is 294. The van der Waals surface area contributed by atoms with Crippen LogP contribution in [0.2, 0.25) is 0 Å². The van der Waals surface area contributed by atoms with Gasteiger partial charge in [0.1, 0.15) is 0 Å². The van der Waals surface area contributed by atoms with E-state index in [1.165, 1.54) is 32.4 Å². The largest absolute Gasteiger partial charge is 0.355 e. The molecule has 116 valence electrons. The maximum Gasteiger partial charge on any atom is 0.220 e. The summed E-state index contributed by atoms with van der Waals surface area (Å²) < 4.78 is 0. The summed E-state index contributed by atoms with van der Waals surface area (Å²) in [6.45, 7) is 9.96. The van der Waals surface area contributed by atoms with Crippen molar-refractivity contribution in [3.05, 3.63) is 0 Å². The van der Waals surface area contributed by atoms with Gasteiger partial charge in [-0.15, -0.1) is 0 Å². The molecule has 2 rings (SSSR count). The van der Waals surface area contributed by atoms with Gasteiger partial charge >= 0.3 is 0 Å². The van der Waals surface area contributed by atoms with Crippen molar-refractivity contribution >= 4 is 5.91 Å². The first-order chi connectivity index (χ1) is 9.66. The van der Waals surface area contributed by atoms with Crippen LogP contribution in [0.4, 0.5) is 0 Å². The molecule has 0 radical (unpaired) electrons. The van der Waals surface area contributed by atoms with Gasteiger partial charge in [0, 0.05) is 19.0 Å². The minimum absolute atomic E-state index is 0.238. The molecule has 0 spiro atoms. The van der Waals surface area contributed by atoms with Gasteiger partial charge in [0.2, 0.25) is 5.91 Å². The summed E-state index contributed by atoms with van der Waals surface area (Å²) in [5.74, 6) is 1.55. The van der Waals surface area contributed by atoms with E-state index >= 15 is 0 Å². The number of carbonyl (C=O) groups is 1. The highest BCUT2D eigenvalue weighted by Gasteiger charge is 2.25. The molecule has 0 bridgehead atoms. The number of amides is 1. The van der Waals surface area contributed by atoms with Gasteiger partial charge in [0.15, 0.2) is 0 Å². The summed E-state index contributed by atoms with van der Waals surface area (Å²) in [5, 5.41) is 6.52. The first-order valence-electron chi connectivity index (χ1n) is 8.38. The number of likely N-dealkylation sites (tertiary alicyclic amines) is 1. The molecule has 0 aliphatic carbocycles. The van der Waals surface area contributed by atoms with E-state index in [0.29, 0.717) is 24.3 Å². The van der Waals surface area contributed by atoms with Gasteiger partial charge in [-0.1, -0.05) is 13.8 Å². The molecule has 0 aromatic rings. The van der Waals surface area contributed by atoms with Crippen LogP contribution in [-0.2, 0) is 4.79 Å². The maximum absolute atomic E-state index is 12.0. The van der Waals surface area contributed by atoms with Crippen molar-refractivity contribution in [1.82, 2.24) is 15.5 Å². The summed E-state index contributed by atoms with van der Waals surface area (Å²) >= 11 is 0. The highest BCUT2D eigenvalue weighted by atomic mass is 16.1. The SMILES string of the molecule is CC(C)C(CNC(=O)CCC1CCNC1)N1CCCC1.